The summed E-state index contributed by atoms with van der Waals surface area (Å²) in [6.45, 7) is 4.73. The molecule has 0 amide bonds. The Bertz CT molecular complexity index is 580. The summed E-state index contributed by atoms with van der Waals surface area (Å²) in [7, 11) is 0. The van der Waals surface area contributed by atoms with Crippen molar-refractivity contribution in [2.75, 3.05) is 6.54 Å². The second kappa shape index (κ2) is 5.00. The first-order valence-corrected chi connectivity index (χ1v) is 6.88. The number of rotatable bonds is 3. The zero-order chi connectivity index (χ0) is 14.2. The Labute approximate surface area is 118 Å². The minimum Gasteiger partial charge on any atom is -0.392 e. The van der Waals surface area contributed by atoms with Gasteiger partial charge in [-0.25, -0.2) is 0 Å². The third-order valence-electron chi connectivity index (χ3n) is 3.90. The Hall–Kier alpha value is -1.72. The van der Waals surface area contributed by atoms with Crippen molar-refractivity contribution in [3.05, 3.63) is 47.6 Å². The molecule has 0 saturated carbocycles. The van der Waals surface area contributed by atoms with E-state index in [0.717, 1.165) is 5.56 Å². The minimum absolute atomic E-state index is 0.0437. The van der Waals surface area contributed by atoms with Crippen molar-refractivity contribution in [3.63, 3.8) is 0 Å². The molecule has 0 spiro atoms. The van der Waals surface area contributed by atoms with Crippen molar-refractivity contribution in [1.82, 2.24) is 15.5 Å². The fraction of sp³-hybridized carbons (Fsp3) is 0.467. The van der Waals surface area contributed by atoms with Gasteiger partial charge in [-0.05, 0) is 25.8 Å². The zero-order valence-corrected chi connectivity index (χ0v) is 11.7. The van der Waals surface area contributed by atoms with Gasteiger partial charge in [-0.3, -0.25) is 0 Å². The Kier molecular flexibility index (Phi) is 3.31. The molecule has 3 rings (SSSR count). The SMILES string of the molecule is CC(C)(c1ccccc1)c1noc([C@@H]2CC(O)CN2)n1. The van der Waals surface area contributed by atoms with E-state index in [-0.39, 0.29) is 17.6 Å². The smallest absolute Gasteiger partial charge is 0.243 e. The highest BCUT2D eigenvalue weighted by molar-refractivity contribution is 5.30. The number of nitrogens with zero attached hydrogens (tertiary/aromatic N) is 2. The third kappa shape index (κ3) is 2.34. The van der Waals surface area contributed by atoms with Crippen LogP contribution in [0.25, 0.3) is 0 Å². The summed E-state index contributed by atoms with van der Waals surface area (Å²) in [4.78, 5) is 4.52. The van der Waals surface area contributed by atoms with Crippen LogP contribution in [0.2, 0.25) is 0 Å². The predicted octanol–water partition coefficient (Wildman–Crippen LogP) is 1.79. The van der Waals surface area contributed by atoms with Gasteiger partial charge in [0.05, 0.1) is 17.6 Å². The highest BCUT2D eigenvalue weighted by Crippen LogP contribution is 2.31. The van der Waals surface area contributed by atoms with E-state index < -0.39 is 0 Å². The molecule has 2 atom stereocenters. The summed E-state index contributed by atoms with van der Waals surface area (Å²) in [6.07, 6.45) is 0.283. The van der Waals surface area contributed by atoms with Crippen LogP contribution in [-0.2, 0) is 5.41 Å². The van der Waals surface area contributed by atoms with Crippen LogP contribution < -0.4 is 5.32 Å². The molecular weight excluding hydrogens is 254 g/mol. The van der Waals surface area contributed by atoms with Crippen LogP contribution in [0.15, 0.2) is 34.9 Å². The van der Waals surface area contributed by atoms with Gasteiger partial charge in [0.15, 0.2) is 5.82 Å². The Morgan fingerprint density at radius 1 is 1.30 bits per heavy atom. The van der Waals surface area contributed by atoms with E-state index in [1.807, 2.05) is 18.2 Å². The molecule has 0 radical (unpaired) electrons. The Morgan fingerprint density at radius 2 is 2.05 bits per heavy atom. The molecule has 20 heavy (non-hydrogen) atoms. The van der Waals surface area contributed by atoms with Crippen LogP contribution in [0, 0.1) is 0 Å². The van der Waals surface area contributed by atoms with Crippen LogP contribution >= 0.6 is 0 Å². The van der Waals surface area contributed by atoms with Gasteiger partial charge in [-0.15, -0.1) is 0 Å². The molecule has 106 valence electrons. The molecule has 0 bridgehead atoms. The predicted molar refractivity (Wildman–Crippen MR) is 74.2 cm³/mol. The summed E-state index contributed by atoms with van der Waals surface area (Å²) in [6, 6.07) is 10.1. The van der Waals surface area contributed by atoms with Gasteiger partial charge in [0.25, 0.3) is 0 Å². The number of hydrogen-bond acceptors (Lipinski definition) is 5. The van der Waals surface area contributed by atoms with Crippen molar-refractivity contribution in [2.24, 2.45) is 0 Å². The first kappa shape index (κ1) is 13.3. The first-order chi connectivity index (χ1) is 9.57. The highest BCUT2D eigenvalue weighted by atomic mass is 16.5. The van der Waals surface area contributed by atoms with Gasteiger partial charge < -0.3 is 14.9 Å². The van der Waals surface area contributed by atoms with Gasteiger partial charge in [0.1, 0.15) is 0 Å². The van der Waals surface area contributed by atoms with E-state index in [2.05, 4.69) is 41.4 Å². The van der Waals surface area contributed by atoms with E-state index in [9.17, 15) is 5.11 Å². The topological polar surface area (TPSA) is 71.2 Å². The molecule has 1 aliphatic rings. The molecule has 0 aliphatic carbocycles. The van der Waals surface area contributed by atoms with Crippen LogP contribution in [0.5, 0.6) is 0 Å². The number of β-amino-alcohol motifs (C(OH)–C–C–N with tert-alkyl or cyclic N) is 1. The standard InChI is InChI=1S/C15H19N3O2/c1-15(2,10-6-4-3-5-7-10)14-17-13(20-18-14)12-8-11(19)9-16-12/h3-7,11-12,16,19H,8-9H2,1-2H3/t11?,12-/m0/s1. The molecule has 2 N–H and O–H groups in total. The average Bonchev–Trinajstić information content (AvgIpc) is 3.08. The van der Waals surface area contributed by atoms with Gasteiger partial charge >= 0.3 is 0 Å². The molecule has 1 aliphatic heterocycles. The lowest BCUT2D eigenvalue weighted by atomic mass is 9.84. The molecule has 2 heterocycles. The normalized spacial score (nSPS) is 23.1. The fourth-order valence-corrected chi connectivity index (χ4v) is 2.52. The van der Waals surface area contributed by atoms with Gasteiger partial charge in [-0.1, -0.05) is 35.5 Å². The number of nitrogens with one attached hydrogen (secondary N) is 1. The Balaban J connectivity index is 1.86. The molecule has 1 unspecified atom stereocenters. The van der Waals surface area contributed by atoms with Crippen LogP contribution in [0.3, 0.4) is 0 Å². The maximum Gasteiger partial charge on any atom is 0.243 e. The second-order valence-corrected chi connectivity index (χ2v) is 5.80. The summed E-state index contributed by atoms with van der Waals surface area (Å²) < 4.78 is 5.37. The summed E-state index contributed by atoms with van der Waals surface area (Å²) in [5, 5.41) is 16.9. The van der Waals surface area contributed by atoms with Crippen molar-refractivity contribution < 1.29 is 9.63 Å². The van der Waals surface area contributed by atoms with Crippen molar-refractivity contribution >= 4 is 0 Å². The van der Waals surface area contributed by atoms with Gasteiger partial charge in [0.2, 0.25) is 5.89 Å². The lowest BCUT2D eigenvalue weighted by molar-refractivity contribution is 0.191. The number of aliphatic hydroxyl groups excluding tert-OH is 1. The van der Waals surface area contributed by atoms with Crippen LogP contribution in [-0.4, -0.2) is 27.9 Å². The molecule has 2 aromatic rings. The summed E-state index contributed by atoms with van der Waals surface area (Å²) >= 11 is 0. The average molecular weight is 273 g/mol. The number of aromatic nitrogens is 2. The molecule has 5 nitrogen and oxygen atoms in total. The summed E-state index contributed by atoms with van der Waals surface area (Å²) in [5.41, 5.74) is 0.840. The minimum atomic E-state index is -0.336. The van der Waals surface area contributed by atoms with E-state index >= 15 is 0 Å². The van der Waals surface area contributed by atoms with Crippen LogP contribution in [0.1, 0.15) is 43.6 Å². The molecule has 5 heteroatoms. The molecule has 1 aromatic carbocycles. The van der Waals surface area contributed by atoms with Crippen molar-refractivity contribution in [1.29, 1.82) is 0 Å². The van der Waals surface area contributed by atoms with Gasteiger partial charge in [-0.2, -0.15) is 4.98 Å². The molecule has 1 saturated heterocycles. The lowest BCUT2D eigenvalue weighted by Crippen LogP contribution is -2.21. The first-order valence-electron chi connectivity index (χ1n) is 6.88. The summed E-state index contributed by atoms with van der Waals surface area (Å²) in [5.74, 6) is 1.22. The largest absolute Gasteiger partial charge is 0.392 e. The van der Waals surface area contributed by atoms with E-state index in [4.69, 9.17) is 4.52 Å². The molecular formula is C15H19N3O2. The Morgan fingerprint density at radius 3 is 2.70 bits per heavy atom. The monoisotopic (exact) mass is 273 g/mol. The maximum atomic E-state index is 9.55. The van der Waals surface area contributed by atoms with Gasteiger partial charge in [0, 0.05) is 6.54 Å². The number of hydrogen-bond donors (Lipinski definition) is 2. The fourth-order valence-electron chi connectivity index (χ4n) is 2.52. The van der Waals surface area contributed by atoms with Crippen molar-refractivity contribution in [2.45, 2.75) is 37.8 Å². The van der Waals surface area contributed by atoms with E-state index in [0.29, 0.717) is 24.7 Å². The van der Waals surface area contributed by atoms with Crippen molar-refractivity contribution in [3.8, 4) is 0 Å². The molecule has 1 aromatic heterocycles. The quantitative estimate of drug-likeness (QED) is 0.892. The van der Waals surface area contributed by atoms with E-state index in [1.54, 1.807) is 0 Å². The number of benzene rings is 1. The van der Waals surface area contributed by atoms with E-state index in [1.165, 1.54) is 0 Å². The zero-order valence-electron chi connectivity index (χ0n) is 11.7. The lowest BCUT2D eigenvalue weighted by Gasteiger charge is -2.20. The van der Waals surface area contributed by atoms with Crippen LogP contribution in [0.4, 0.5) is 0 Å². The highest BCUT2D eigenvalue weighted by Gasteiger charge is 2.32. The maximum absolute atomic E-state index is 9.55. The molecule has 1 fully saturated rings. The number of aliphatic hydroxyl groups is 1. The third-order valence-corrected chi connectivity index (χ3v) is 3.90. The second-order valence-electron chi connectivity index (χ2n) is 5.80.